The molecule has 0 unspecified atom stereocenters. The quantitative estimate of drug-likeness (QED) is 0.478. The molecule has 16 heavy (non-hydrogen) atoms. The molecule has 0 N–H and O–H groups in total. The molecule has 0 aromatic rings. The molecule has 84 valence electrons. The molecule has 0 saturated heterocycles. The minimum absolute atomic E-state index is 0.160. The summed E-state index contributed by atoms with van der Waals surface area (Å²) in [5.41, 5.74) is 2.67. The van der Waals surface area contributed by atoms with E-state index in [1.54, 1.807) is 6.08 Å². The Morgan fingerprint density at radius 1 is 1.44 bits per heavy atom. The summed E-state index contributed by atoms with van der Waals surface area (Å²) >= 11 is 0. The van der Waals surface area contributed by atoms with E-state index < -0.39 is 0 Å². The Morgan fingerprint density at radius 2 is 2.06 bits per heavy atom. The lowest BCUT2D eigenvalue weighted by Crippen LogP contribution is -1.94. The zero-order valence-electron chi connectivity index (χ0n) is 9.97. The van der Waals surface area contributed by atoms with Gasteiger partial charge in [0.05, 0.1) is 0 Å². The smallest absolute Gasteiger partial charge is 0.105 e. The van der Waals surface area contributed by atoms with Crippen molar-refractivity contribution in [1.82, 2.24) is 0 Å². The Hall–Kier alpha value is -1.20. The van der Waals surface area contributed by atoms with Gasteiger partial charge in [0.2, 0.25) is 0 Å². The van der Waals surface area contributed by atoms with Crippen molar-refractivity contribution in [2.75, 3.05) is 0 Å². The number of allylic oxidation sites excluding steroid dienone is 8. The van der Waals surface area contributed by atoms with Crippen molar-refractivity contribution in [1.29, 1.82) is 0 Å². The number of halogens is 1. The van der Waals surface area contributed by atoms with E-state index in [1.165, 1.54) is 6.92 Å². The van der Waals surface area contributed by atoms with Crippen LogP contribution in [0.25, 0.3) is 0 Å². The van der Waals surface area contributed by atoms with Crippen LogP contribution < -0.4 is 0 Å². The van der Waals surface area contributed by atoms with E-state index in [1.807, 2.05) is 26.0 Å². The van der Waals surface area contributed by atoms with Crippen LogP contribution in [-0.4, -0.2) is 5.29 Å². The molecule has 0 radical (unpaired) electrons. The third-order valence-corrected chi connectivity index (χ3v) is 3.41. The van der Waals surface area contributed by atoms with Crippen LogP contribution in [0.3, 0.4) is 0 Å². The molecular weight excluding hydrogens is 218 g/mol. The summed E-state index contributed by atoms with van der Waals surface area (Å²) in [5, 5.41) is 1.95. The summed E-state index contributed by atoms with van der Waals surface area (Å²) in [6.45, 7) is 13.2. The van der Waals surface area contributed by atoms with Crippen LogP contribution in [0.1, 0.15) is 20.8 Å². The van der Waals surface area contributed by atoms with Crippen molar-refractivity contribution in [3.63, 3.8) is 0 Å². The zero-order valence-corrected chi connectivity index (χ0v) is 10.9. The number of hydrogen-bond donors (Lipinski definition) is 0. The van der Waals surface area contributed by atoms with Gasteiger partial charge in [-0.3, -0.25) is 0 Å². The van der Waals surface area contributed by atoms with Crippen LogP contribution in [0.15, 0.2) is 59.2 Å². The predicted octanol–water partition coefficient (Wildman–Crippen LogP) is 4.95. The van der Waals surface area contributed by atoms with Crippen LogP contribution in [0.2, 0.25) is 0 Å². The van der Waals surface area contributed by atoms with Crippen molar-refractivity contribution in [3.05, 3.63) is 59.2 Å². The maximum Gasteiger partial charge on any atom is 0.105 e. The number of rotatable bonds is 3. The summed E-state index contributed by atoms with van der Waals surface area (Å²) in [7, 11) is 0.974. The van der Waals surface area contributed by atoms with Crippen molar-refractivity contribution in [2.24, 2.45) is 0 Å². The Labute approximate surface area is 98.4 Å². The third-order valence-electron chi connectivity index (χ3n) is 2.29. The van der Waals surface area contributed by atoms with Crippen LogP contribution in [0.5, 0.6) is 0 Å². The van der Waals surface area contributed by atoms with Gasteiger partial charge in [-0.05, 0) is 32.4 Å². The average molecular weight is 234 g/mol. The van der Waals surface area contributed by atoms with Gasteiger partial charge in [0.1, 0.15) is 5.83 Å². The largest absolute Gasteiger partial charge is 0.211 e. The highest BCUT2D eigenvalue weighted by molar-refractivity contribution is 7.47. The number of hydrogen-bond acceptors (Lipinski definition) is 0. The molecule has 0 fully saturated rings. The lowest BCUT2D eigenvalue weighted by molar-refractivity contribution is 0.637. The maximum absolute atomic E-state index is 13.4. The highest BCUT2D eigenvalue weighted by Gasteiger charge is 2.15. The molecule has 0 aliphatic carbocycles. The molecule has 0 saturated carbocycles. The summed E-state index contributed by atoms with van der Waals surface area (Å²) in [6.07, 6.45) is 5.61. The Balaban J connectivity index is 3.18. The van der Waals surface area contributed by atoms with Crippen molar-refractivity contribution >= 4 is 13.5 Å². The molecule has 0 bridgehead atoms. The van der Waals surface area contributed by atoms with Gasteiger partial charge >= 0.3 is 0 Å². The highest BCUT2D eigenvalue weighted by atomic mass is 31.1. The first kappa shape index (κ1) is 12.9. The van der Waals surface area contributed by atoms with Gasteiger partial charge < -0.3 is 0 Å². The van der Waals surface area contributed by atoms with E-state index in [-0.39, 0.29) is 5.83 Å². The van der Waals surface area contributed by atoms with Gasteiger partial charge in [-0.25, -0.2) is 4.39 Å². The lowest BCUT2D eigenvalue weighted by Gasteiger charge is -2.00. The van der Waals surface area contributed by atoms with E-state index in [0.29, 0.717) is 5.57 Å². The predicted molar refractivity (Wildman–Crippen MR) is 72.6 cm³/mol. The highest BCUT2D eigenvalue weighted by Crippen LogP contribution is 2.36. The van der Waals surface area contributed by atoms with E-state index in [4.69, 9.17) is 0 Å². The van der Waals surface area contributed by atoms with E-state index in [2.05, 4.69) is 13.2 Å². The summed E-state index contributed by atoms with van der Waals surface area (Å²) in [4.78, 5) is 0. The molecule has 1 aliphatic heterocycles. The fraction of sp³-hybridized carbons (Fsp3) is 0.214. The Morgan fingerprint density at radius 3 is 2.44 bits per heavy atom. The molecular formula is C14H16FP. The van der Waals surface area contributed by atoms with Crippen LogP contribution >= 0.6 is 8.20 Å². The fourth-order valence-electron chi connectivity index (χ4n) is 1.51. The second-order valence-electron chi connectivity index (χ2n) is 3.73. The molecule has 1 aliphatic rings. The first-order valence-corrected chi connectivity index (χ1v) is 6.01. The molecule has 0 amide bonds. The maximum atomic E-state index is 13.4. The SMILES string of the molecule is C=C(C)C1=CC(C(/C=C\C)=C(/C)F)=PC1=C. The fourth-order valence-corrected chi connectivity index (χ4v) is 2.72. The minimum Gasteiger partial charge on any atom is -0.211 e. The van der Waals surface area contributed by atoms with Gasteiger partial charge in [0.25, 0.3) is 0 Å². The van der Waals surface area contributed by atoms with Crippen LogP contribution in [0, 0.1) is 0 Å². The Kier molecular flexibility index (Phi) is 4.20. The topological polar surface area (TPSA) is 0 Å². The average Bonchev–Trinajstić information content (AvgIpc) is 2.56. The van der Waals surface area contributed by atoms with Crippen molar-refractivity contribution < 1.29 is 4.39 Å². The third kappa shape index (κ3) is 2.68. The minimum atomic E-state index is -0.160. The summed E-state index contributed by atoms with van der Waals surface area (Å²) in [6, 6.07) is 0. The molecule has 0 spiro atoms. The van der Waals surface area contributed by atoms with E-state index in [9.17, 15) is 4.39 Å². The molecule has 0 atom stereocenters. The van der Waals surface area contributed by atoms with Gasteiger partial charge in [-0.1, -0.05) is 39.1 Å². The van der Waals surface area contributed by atoms with Crippen LogP contribution in [-0.2, 0) is 0 Å². The summed E-state index contributed by atoms with van der Waals surface area (Å²) in [5.74, 6) is -0.160. The lowest BCUT2D eigenvalue weighted by atomic mass is 10.0. The second kappa shape index (κ2) is 5.23. The molecule has 2 heteroatoms. The normalized spacial score (nSPS) is 18.4. The molecule has 1 rings (SSSR count). The second-order valence-corrected chi connectivity index (χ2v) is 4.97. The summed E-state index contributed by atoms with van der Waals surface area (Å²) < 4.78 is 13.4. The van der Waals surface area contributed by atoms with Crippen molar-refractivity contribution in [3.8, 4) is 0 Å². The zero-order chi connectivity index (χ0) is 12.3. The first-order valence-electron chi connectivity index (χ1n) is 5.12. The monoisotopic (exact) mass is 234 g/mol. The standard InChI is InChI=1S/C14H16FP/c1-6-7-12(10(4)15)14-8-13(9(2)3)11(5)16-14/h6-8H,2,5H2,1,3-4H3/b7-6-,12-10-. The van der Waals surface area contributed by atoms with Crippen LogP contribution in [0.4, 0.5) is 4.39 Å². The van der Waals surface area contributed by atoms with Gasteiger partial charge in [0.15, 0.2) is 0 Å². The van der Waals surface area contributed by atoms with Crippen molar-refractivity contribution in [2.45, 2.75) is 20.8 Å². The molecule has 1 heterocycles. The Bertz CT molecular complexity index is 455. The van der Waals surface area contributed by atoms with Gasteiger partial charge in [0, 0.05) is 16.2 Å². The molecule has 0 aromatic carbocycles. The molecule has 0 nitrogen and oxygen atoms in total. The van der Waals surface area contributed by atoms with E-state index >= 15 is 0 Å². The first-order chi connectivity index (χ1) is 7.47. The van der Waals surface area contributed by atoms with Gasteiger partial charge in [-0.15, -0.1) is 0 Å². The van der Waals surface area contributed by atoms with Gasteiger partial charge in [-0.2, -0.15) is 0 Å². The molecule has 0 aromatic heterocycles. The van der Waals surface area contributed by atoms with E-state index in [0.717, 1.165) is 30.0 Å².